The van der Waals surface area contributed by atoms with Crippen molar-refractivity contribution >= 4 is 45.0 Å². The molecule has 0 fully saturated rings. The van der Waals surface area contributed by atoms with Crippen molar-refractivity contribution in [3.63, 3.8) is 0 Å². The van der Waals surface area contributed by atoms with Crippen LogP contribution in [0.3, 0.4) is 0 Å². The largest absolute Gasteiger partial charge is 0.382 e. The summed E-state index contributed by atoms with van der Waals surface area (Å²) >= 11 is 2.50. The van der Waals surface area contributed by atoms with E-state index in [9.17, 15) is 14.0 Å². The molecule has 0 aliphatic rings. The van der Waals surface area contributed by atoms with E-state index in [0.717, 1.165) is 5.56 Å². The first kappa shape index (κ1) is 24.1. The van der Waals surface area contributed by atoms with Crippen molar-refractivity contribution in [3.8, 4) is 11.3 Å². The Hall–Kier alpha value is -3.08. The van der Waals surface area contributed by atoms with Gasteiger partial charge in [-0.15, -0.1) is 11.3 Å². The van der Waals surface area contributed by atoms with Crippen LogP contribution >= 0.6 is 23.1 Å². The van der Waals surface area contributed by atoms with E-state index >= 15 is 0 Å². The van der Waals surface area contributed by atoms with Crippen LogP contribution in [0.15, 0.2) is 63.9 Å². The van der Waals surface area contributed by atoms with Crippen LogP contribution in [-0.4, -0.2) is 39.4 Å². The summed E-state index contributed by atoms with van der Waals surface area (Å²) in [6.45, 7) is 3.54. The molecule has 0 bridgehead atoms. The second kappa shape index (κ2) is 11.4. The fourth-order valence-electron chi connectivity index (χ4n) is 3.29. The summed E-state index contributed by atoms with van der Waals surface area (Å²) in [5, 5.41) is 6.07. The number of fused-ring (bicyclic) bond motifs is 1. The second-order valence-electron chi connectivity index (χ2n) is 7.30. The number of halogens is 1. The molecule has 0 saturated heterocycles. The number of anilines is 1. The Labute approximate surface area is 204 Å². The standard InChI is InChI=1S/C24H23FN4O3S2/c1-2-32-13-5-12-29-22(31)18-6-3-4-7-19(18)27-24(29)34-15-21(30)28-23-26-20(14-33-23)16-8-10-17(25)11-9-16/h3-4,6-11,14H,2,5,12-13,15H2,1H3,(H,26,28,30). The van der Waals surface area contributed by atoms with E-state index in [1.807, 2.05) is 19.1 Å². The fourth-order valence-corrected chi connectivity index (χ4v) is 4.86. The zero-order valence-electron chi connectivity index (χ0n) is 18.5. The van der Waals surface area contributed by atoms with Crippen LogP contribution in [0, 0.1) is 5.82 Å². The number of aromatic nitrogens is 3. The summed E-state index contributed by atoms with van der Waals surface area (Å²) in [5.74, 6) is -0.502. The molecule has 2 heterocycles. The van der Waals surface area contributed by atoms with Crippen molar-refractivity contribution in [1.29, 1.82) is 0 Å². The minimum absolute atomic E-state index is 0.0711. The lowest BCUT2D eigenvalue weighted by Gasteiger charge is -2.13. The smallest absolute Gasteiger partial charge is 0.262 e. The summed E-state index contributed by atoms with van der Waals surface area (Å²) in [7, 11) is 0. The van der Waals surface area contributed by atoms with Gasteiger partial charge in [0.15, 0.2) is 10.3 Å². The van der Waals surface area contributed by atoms with Crippen LogP contribution in [0.4, 0.5) is 9.52 Å². The highest BCUT2D eigenvalue weighted by molar-refractivity contribution is 7.99. The van der Waals surface area contributed by atoms with Gasteiger partial charge >= 0.3 is 0 Å². The van der Waals surface area contributed by atoms with Crippen LogP contribution < -0.4 is 10.9 Å². The van der Waals surface area contributed by atoms with Crippen molar-refractivity contribution in [3.05, 3.63) is 70.1 Å². The fraction of sp³-hybridized carbons (Fsp3) is 0.250. The maximum atomic E-state index is 13.1. The summed E-state index contributed by atoms with van der Waals surface area (Å²) in [4.78, 5) is 34.7. The monoisotopic (exact) mass is 498 g/mol. The van der Waals surface area contributed by atoms with E-state index in [-0.39, 0.29) is 23.0 Å². The number of para-hydroxylation sites is 1. The van der Waals surface area contributed by atoms with Crippen molar-refractivity contribution in [2.75, 3.05) is 24.3 Å². The average molecular weight is 499 g/mol. The van der Waals surface area contributed by atoms with Crippen molar-refractivity contribution in [2.45, 2.75) is 25.0 Å². The van der Waals surface area contributed by atoms with Crippen LogP contribution in [0.2, 0.25) is 0 Å². The van der Waals surface area contributed by atoms with Gasteiger partial charge in [0, 0.05) is 30.7 Å². The Bertz CT molecular complexity index is 1340. The first-order valence-electron chi connectivity index (χ1n) is 10.8. The maximum Gasteiger partial charge on any atom is 0.262 e. The molecule has 176 valence electrons. The number of hydrogen-bond acceptors (Lipinski definition) is 7. The third-order valence-corrected chi connectivity index (χ3v) is 6.66. The van der Waals surface area contributed by atoms with Crippen molar-refractivity contribution in [1.82, 2.24) is 14.5 Å². The third-order valence-electron chi connectivity index (χ3n) is 4.92. The molecule has 4 aromatic rings. The van der Waals surface area contributed by atoms with Crippen LogP contribution in [-0.2, 0) is 16.1 Å². The van der Waals surface area contributed by atoms with Gasteiger partial charge in [-0.05, 0) is 49.7 Å². The van der Waals surface area contributed by atoms with Crippen LogP contribution in [0.1, 0.15) is 13.3 Å². The van der Waals surface area contributed by atoms with Gasteiger partial charge in [-0.2, -0.15) is 0 Å². The number of hydrogen-bond donors (Lipinski definition) is 1. The predicted octanol–water partition coefficient (Wildman–Crippen LogP) is 4.82. The van der Waals surface area contributed by atoms with Crippen molar-refractivity contribution in [2.24, 2.45) is 0 Å². The van der Waals surface area contributed by atoms with Gasteiger partial charge in [0.2, 0.25) is 5.91 Å². The molecule has 0 radical (unpaired) electrons. The number of carbonyl (C=O) groups is 1. The van der Waals surface area contributed by atoms with Gasteiger partial charge in [0.1, 0.15) is 5.82 Å². The normalized spacial score (nSPS) is 11.1. The van der Waals surface area contributed by atoms with Gasteiger partial charge < -0.3 is 10.1 Å². The molecule has 4 rings (SSSR count). The predicted molar refractivity (Wildman–Crippen MR) is 134 cm³/mol. The van der Waals surface area contributed by atoms with Crippen LogP contribution in [0.5, 0.6) is 0 Å². The lowest BCUT2D eigenvalue weighted by Crippen LogP contribution is -2.25. The van der Waals surface area contributed by atoms with E-state index in [4.69, 9.17) is 4.74 Å². The number of thiazole rings is 1. The SMILES string of the molecule is CCOCCCn1c(SCC(=O)Nc2nc(-c3ccc(F)cc3)cs2)nc2ccccc2c1=O. The molecule has 0 saturated carbocycles. The van der Waals surface area contributed by atoms with Gasteiger partial charge in [-0.3, -0.25) is 14.2 Å². The molecule has 1 N–H and O–H groups in total. The average Bonchev–Trinajstić information content (AvgIpc) is 3.30. The zero-order valence-corrected chi connectivity index (χ0v) is 20.1. The van der Waals surface area contributed by atoms with Crippen LogP contribution in [0.25, 0.3) is 22.2 Å². The molecule has 2 aromatic carbocycles. The van der Waals surface area contributed by atoms with E-state index < -0.39 is 0 Å². The molecule has 0 atom stereocenters. The summed E-state index contributed by atoms with van der Waals surface area (Å²) in [5.41, 5.74) is 1.89. The Morgan fingerprint density at radius 2 is 1.97 bits per heavy atom. The minimum atomic E-state index is -0.316. The lowest BCUT2D eigenvalue weighted by molar-refractivity contribution is -0.113. The highest BCUT2D eigenvalue weighted by Crippen LogP contribution is 2.25. The Morgan fingerprint density at radius 1 is 1.18 bits per heavy atom. The van der Waals surface area contributed by atoms with E-state index in [1.165, 1.54) is 35.2 Å². The maximum absolute atomic E-state index is 13.1. The number of rotatable bonds is 10. The Morgan fingerprint density at radius 3 is 2.76 bits per heavy atom. The second-order valence-corrected chi connectivity index (χ2v) is 9.10. The number of amides is 1. The minimum Gasteiger partial charge on any atom is -0.382 e. The van der Waals surface area contributed by atoms with Gasteiger partial charge in [-0.25, -0.2) is 14.4 Å². The number of carbonyl (C=O) groups excluding carboxylic acids is 1. The number of nitrogens with zero attached hydrogens (tertiary/aromatic N) is 3. The number of benzene rings is 2. The highest BCUT2D eigenvalue weighted by atomic mass is 32.2. The first-order valence-corrected chi connectivity index (χ1v) is 12.6. The summed E-state index contributed by atoms with van der Waals surface area (Å²) in [6.07, 6.45) is 0.665. The molecule has 0 aliphatic carbocycles. The number of thioether (sulfide) groups is 1. The molecular weight excluding hydrogens is 475 g/mol. The zero-order chi connectivity index (χ0) is 23.9. The topological polar surface area (TPSA) is 86.1 Å². The highest BCUT2D eigenvalue weighted by Gasteiger charge is 2.14. The summed E-state index contributed by atoms with van der Waals surface area (Å²) < 4.78 is 20.1. The quantitative estimate of drug-likeness (QED) is 0.192. The molecule has 34 heavy (non-hydrogen) atoms. The van der Waals surface area contributed by atoms with E-state index in [0.29, 0.717) is 53.1 Å². The molecule has 1 amide bonds. The Balaban J connectivity index is 1.45. The molecule has 10 heteroatoms. The summed E-state index contributed by atoms with van der Waals surface area (Å²) in [6, 6.07) is 13.2. The lowest BCUT2D eigenvalue weighted by atomic mass is 10.2. The Kier molecular flexibility index (Phi) is 8.04. The molecular formula is C24H23FN4O3S2. The third kappa shape index (κ3) is 5.88. The molecule has 0 unspecified atom stereocenters. The van der Waals surface area contributed by atoms with Crippen molar-refractivity contribution < 1.29 is 13.9 Å². The number of nitrogens with one attached hydrogen (secondary N) is 1. The molecule has 0 spiro atoms. The molecule has 0 aliphatic heterocycles. The number of ether oxygens (including phenoxy) is 1. The van der Waals surface area contributed by atoms with E-state index in [1.54, 1.807) is 34.2 Å². The molecule has 7 nitrogen and oxygen atoms in total. The van der Waals surface area contributed by atoms with Gasteiger partial charge in [-0.1, -0.05) is 23.9 Å². The van der Waals surface area contributed by atoms with E-state index in [2.05, 4.69) is 15.3 Å². The molecule has 2 aromatic heterocycles. The van der Waals surface area contributed by atoms with Gasteiger partial charge in [0.25, 0.3) is 5.56 Å². The van der Waals surface area contributed by atoms with Gasteiger partial charge in [0.05, 0.1) is 22.3 Å². The first-order chi connectivity index (χ1) is 16.5.